The normalized spacial score (nSPS) is 11.2. The van der Waals surface area contributed by atoms with Crippen LogP contribution in [0.1, 0.15) is 0 Å². The van der Waals surface area contributed by atoms with Gasteiger partial charge in [0.1, 0.15) is 0 Å². The SMILES string of the molecule is c1ccc(-c2nc(-c3ccc4ccccc4c3)nc(-c3ccc4ccccc4c3-c3ccccc3)n2)cc1. The van der Waals surface area contributed by atoms with Crippen LogP contribution >= 0.6 is 0 Å². The van der Waals surface area contributed by atoms with Crippen LogP contribution in [0, 0.1) is 0 Å². The molecule has 0 fully saturated rings. The number of benzene rings is 6. The lowest BCUT2D eigenvalue weighted by atomic mass is 9.93. The molecule has 0 atom stereocenters. The van der Waals surface area contributed by atoms with Crippen molar-refractivity contribution in [3.63, 3.8) is 0 Å². The maximum Gasteiger partial charge on any atom is 0.164 e. The third kappa shape index (κ3) is 4.00. The molecule has 0 amide bonds. The Balaban J connectivity index is 1.51. The summed E-state index contributed by atoms with van der Waals surface area (Å²) in [6.45, 7) is 0. The van der Waals surface area contributed by atoms with Crippen molar-refractivity contribution in [1.29, 1.82) is 0 Å². The van der Waals surface area contributed by atoms with Crippen molar-refractivity contribution in [3.05, 3.63) is 140 Å². The molecule has 1 heterocycles. The first-order chi connectivity index (χ1) is 18.8. The van der Waals surface area contributed by atoms with Gasteiger partial charge in [-0.1, -0.05) is 127 Å². The largest absolute Gasteiger partial charge is 0.208 e. The van der Waals surface area contributed by atoms with Gasteiger partial charge in [-0.25, -0.2) is 15.0 Å². The van der Waals surface area contributed by atoms with E-state index in [1.54, 1.807) is 0 Å². The average molecular weight is 486 g/mol. The first-order valence-electron chi connectivity index (χ1n) is 12.7. The summed E-state index contributed by atoms with van der Waals surface area (Å²) in [4.78, 5) is 15.1. The maximum atomic E-state index is 5.08. The molecule has 1 aromatic heterocycles. The maximum absolute atomic E-state index is 5.08. The van der Waals surface area contributed by atoms with Crippen LogP contribution in [0.25, 0.3) is 66.8 Å². The van der Waals surface area contributed by atoms with E-state index in [1.807, 2.05) is 36.4 Å². The van der Waals surface area contributed by atoms with Crippen LogP contribution in [-0.4, -0.2) is 15.0 Å². The van der Waals surface area contributed by atoms with Crippen molar-refractivity contribution in [2.75, 3.05) is 0 Å². The number of hydrogen-bond acceptors (Lipinski definition) is 3. The van der Waals surface area contributed by atoms with Gasteiger partial charge in [-0.3, -0.25) is 0 Å². The molecule has 0 saturated heterocycles. The second-order valence-corrected chi connectivity index (χ2v) is 9.31. The van der Waals surface area contributed by atoms with Crippen molar-refractivity contribution < 1.29 is 0 Å². The second-order valence-electron chi connectivity index (χ2n) is 9.31. The number of aromatic nitrogens is 3. The molecule has 38 heavy (non-hydrogen) atoms. The first-order valence-corrected chi connectivity index (χ1v) is 12.7. The molecule has 7 aromatic rings. The molecule has 0 bridgehead atoms. The highest BCUT2D eigenvalue weighted by Gasteiger charge is 2.17. The Morgan fingerprint density at radius 3 is 1.66 bits per heavy atom. The molecule has 3 nitrogen and oxygen atoms in total. The average Bonchev–Trinajstić information content (AvgIpc) is 3.01. The zero-order valence-electron chi connectivity index (χ0n) is 20.6. The van der Waals surface area contributed by atoms with Crippen LogP contribution in [0.2, 0.25) is 0 Å². The lowest BCUT2D eigenvalue weighted by Crippen LogP contribution is -2.01. The molecule has 178 valence electrons. The van der Waals surface area contributed by atoms with Crippen molar-refractivity contribution in [3.8, 4) is 45.3 Å². The van der Waals surface area contributed by atoms with E-state index in [0.717, 1.165) is 33.2 Å². The Morgan fingerprint density at radius 2 is 0.895 bits per heavy atom. The fourth-order valence-electron chi connectivity index (χ4n) is 5.04. The van der Waals surface area contributed by atoms with Crippen LogP contribution < -0.4 is 0 Å². The molecule has 7 rings (SSSR count). The molecule has 6 aromatic carbocycles. The fraction of sp³-hybridized carbons (Fsp3) is 0. The summed E-state index contributed by atoms with van der Waals surface area (Å²) in [6, 6.07) is 48.1. The van der Waals surface area contributed by atoms with E-state index < -0.39 is 0 Å². The zero-order valence-corrected chi connectivity index (χ0v) is 20.6. The Hall–Kier alpha value is -5.15. The van der Waals surface area contributed by atoms with E-state index in [2.05, 4.69) is 103 Å². The number of nitrogens with zero attached hydrogens (tertiary/aromatic N) is 3. The molecule has 0 N–H and O–H groups in total. The van der Waals surface area contributed by atoms with E-state index in [9.17, 15) is 0 Å². The molecule has 0 spiro atoms. The van der Waals surface area contributed by atoms with Gasteiger partial charge in [-0.15, -0.1) is 0 Å². The molecule has 0 unspecified atom stereocenters. The van der Waals surface area contributed by atoms with Crippen molar-refractivity contribution in [2.24, 2.45) is 0 Å². The van der Waals surface area contributed by atoms with E-state index >= 15 is 0 Å². The molecule has 0 radical (unpaired) electrons. The summed E-state index contributed by atoms with van der Waals surface area (Å²) in [7, 11) is 0. The second kappa shape index (κ2) is 9.38. The highest BCUT2D eigenvalue weighted by Crippen LogP contribution is 2.38. The zero-order chi connectivity index (χ0) is 25.3. The molecular weight excluding hydrogens is 462 g/mol. The summed E-state index contributed by atoms with van der Waals surface area (Å²) >= 11 is 0. The van der Waals surface area contributed by atoms with E-state index in [0.29, 0.717) is 17.5 Å². The summed E-state index contributed by atoms with van der Waals surface area (Å²) in [6.07, 6.45) is 0. The third-order valence-corrected chi connectivity index (χ3v) is 6.91. The highest BCUT2D eigenvalue weighted by atomic mass is 15.0. The van der Waals surface area contributed by atoms with Crippen LogP contribution in [0.15, 0.2) is 140 Å². The minimum absolute atomic E-state index is 0.658. The Morgan fingerprint density at radius 1 is 0.342 bits per heavy atom. The van der Waals surface area contributed by atoms with Gasteiger partial charge < -0.3 is 0 Å². The predicted molar refractivity (Wildman–Crippen MR) is 157 cm³/mol. The quantitative estimate of drug-likeness (QED) is 0.250. The van der Waals surface area contributed by atoms with Crippen LogP contribution in [0.5, 0.6) is 0 Å². The van der Waals surface area contributed by atoms with Crippen LogP contribution in [-0.2, 0) is 0 Å². The minimum Gasteiger partial charge on any atom is -0.208 e. The summed E-state index contributed by atoms with van der Waals surface area (Å²) in [5.74, 6) is 1.98. The topological polar surface area (TPSA) is 38.7 Å². The van der Waals surface area contributed by atoms with Crippen molar-refractivity contribution in [2.45, 2.75) is 0 Å². The monoisotopic (exact) mass is 485 g/mol. The highest BCUT2D eigenvalue weighted by molar-refractivity contribution is 6.03. The van der Waals surface area contributed by atoms with Gasteiger partial charge in [0.05, 0.1) is 0 Å². The molecule has 3 heteroatoms. The summed E-state index contributed by atoms with van der Waals surface area (Å²) in [5.41, 5.74) is 5.16. The molecule has 0 aliphatic heterocycles. The van der Waals surface area contributed by atoms with Gasteiger partial charge in [0.15, 0.2) is 17.5 Å². The molecule has 0 aliphatic rings. The van der Waals surface area contributed by atoms with Crippen LogP contribution in [0.4, 0.5) is 0 Å². The van der Waals surface area contributed by atoms with Crippen molar-refractivity contribution in [1.82, 2.24) is 15.0 Å². The van der Waals surface area contributed by atoms with E-state index in [-0.39, 0.29) is 0 Å². The minimum atomic E-state index is 0.658. The lowest BCUT2D eigenvalue weighted by molar-refractivity contribution is 1.08. The van der Waals surface area contributed by atoms with Gasteiger partial charge >= 0.3 is 0 Å². The Kier molecular flexibility index (Phi) is 5.45. The number of fused-ring (bicyclic) bond motifs is 2. The molecule has 0 aliphatic carbocycles. The van der Waals surface area contributed by atoms with Gasteiger partial charge in [0.25, 0.3) is 0 Å². The summed E-state index contributed by atoms with van der Waals surface area (Å²) < 4.78 is 0. The third-order valence-electron chi connectivity index (χ3n) is 6.91. The Bertz CT molecular complexity index is 1910. The van der Waals surface area contributed by atoms with Gasteiger partial charge in [0, 0.05) is 22.3 Å². The fourth-order valence-corrected chi connectivity index (χ4v) is 5.04. The smallest absolute Gasteiger partial charge is 0.164 e. The van der Waals surface area contributed by atoms with Crippen LogP contribution in [0.3, 0.4) is 0 Å². The van der Waals surface area contributed by atoms with Crippen molar-refractivity contribution >= 4 is 21.5 Å². The van der Waals surface area contributed by atoms with Gasteiger partial charge in [-0.05, 0) is 39.2 Å². The predicted octanol–water partition coefficient (Wildman–Crippen LogP) is 8.85. The van der Waals surface area contributed by atoms with E-state index in [4.69, 9.17) is 15.0 Å². The first kappa shape index (κ1) is 22.1. The number of rotatable bonds is 4. The molecular formula is C35H23N3. The standard InChI is InChI=1S/C35H23N3/c1-3-13-26(14-4-1)32-30-18-10-9-12-25(30)21-22-31(32)35-37-33(27-15-5-2-6-16-27)36-34(38-35)29-20-19-24-11-7-8-17-28(24)23-29/h1-23H. The molecule has 0 saturated carbocycles. The summed E-state index contributed by atoms with van der Waals surface area (Å²) in [5, 5.41) is 4.70. The lowest BCUT2D eigenvalue weighted by Gasteiger charge is -2.15. The number of hydrogen-bond donors (Lipinski definition) is 0. The Labute approximate surface area is 221 Å². The van der Waals surface area contributed by atoms with E-state index in [1.165, 1.54) is 16.2 Å². The van der Waals surface area contributed by atoms with Gasteiger partial charge in [0.2, 0.25) is 0 Å². The van der Waals surface area contributed by atoms with Gasteiger partial charge in [-0.2, -0.15) is 0 Å².